The van der Waals surface area contributed by atoms with Gasteiger partial charge < -0.3 is 30.3 Å². The van der Waals surface area contributed by atoms with Gasteiger partial charge in [0.05, 0.1) is 32.0 Å². The minimum absolute atomic E-state index is 0.0385. The molecule has 2 fully saturated rings. The van der Waals surface area contributed by atoms with Gasteiger partial charge in [-0.3, -0.25) is 9.59 Å². The number of esters is 1. The van der Waals surface area contributed by atoms with Gasteiger partial charge in [-0.1, -0.05) is 102 Å². The quantitative estimate of drug-likeness (QED) is 0.0723. The maximum absolute atomic E-state index is 14.0. The largest absolute Gasteiger partial charge is 0.464 e. The standard InChI is InChI=1S/C36H60N4O9S/c1-4-5-6-13-20-49-36(45)32(35(44)37-29(24-27-14-9-7-10-15-27)33(42)31(41)23-26(2)3)38-34(43)30(25-28-16-11-8-12-17-28)39-50(46,47)40-18-21-48-22-19-40/h8,11-12,16-17,26-27,29-33,39,41-42H,4-7,9-10,13-15,18-25H2,1-3H3,(H,37,44)(H,38,43)/t29-,30-,31+,32?,33+/m0/s1. The van der Waals surface area contributed by atoms with E-state index in [9.17, 15) is 33.0 Å². The molecule has 50 heavy (non-hydrogen) atoms. The van der Waals surface area contributed by atoms with Crippen molar-refractivity contribution in [3.8, 4) is 0 Å². The molecule has 1 aromatic rings. The summed E-state index contributed by atoms with van der Waals surface area (Å²) < 4.78 is 41.2. The number of benzene rings is 1. The molecule has 1 aliphatic heterocycles. The van der Waals surface area contributed by atoms with Crippen LogP contribution in [0.2, 0.25) is 0 Å². The van der Waals surface area contributed by atoms with Gasteiger partial charge in [-0.25, -0.2) is 4.79 Å². The van der Waals surface area contributed by atoms with Gasteiger partial charge in [0.25, 0.3) is 16.1 Å². The number of nitrogens with one attached hydrogen (secondary N) is 3. The first-order valence-electron chi connectivity index (χ1n) is 18.4. The molecule has 284 valence electrons. The van der Waals surface area contributed by atoms with Crippen LogP contribution in [0.25, 0.3) is 0 Å². The zero-order valence-corrected chi connectivity index (χ0v) is 30.9. The van der Waals surface area contributed by atoms with Gasteiger partial charge >= 0.3 is 5.97 Å². The molecular weight excluding hydrogens is 664 g/mol. The van der Waals surface area contributed by atoms with Crippen LogP contribution < -0.4 is 15.4 Å². The maximum Gasteiger partial charge on any atom is 0.338 e. The zero-order chi connectivity index (χ0) is 36.5. The Morgan fingerprint density at radius 2 is 1.64 bits per heavy atom. The molecule has 0 radical (unpaired) electrons. The van der Waals surface area contributed by atoms with E-state index >= 15 is 0 Å². The highest BCUT2D eigenvalue weighted by atomic mass is 32.2. The number of ether oxygens (including phenoxy) is 2. The summed E-state index contributed by atoms with van der Waals surface area (Å²) in [5.41, 5.74) is 0.659. The van der Waals surface area contributed by atoms with E-state index in [4.69, 9.17) is 9.47 Å². The number of hydrogen-bond acceptors (Lipinski definition) is 9. The fraction of sp³-hybridized carbons (Fsp3) is 0.750. The Balaban J connectivity index is 1.87. The van der Waals surface area contributed by atoms with E-state index in [0.29, 0.717) is 24.8 Å². The number of morpholine rings is 1. The van der Waals surface area contributed by atoms with Crippen LogP contribution in [-0.2, 0) is 40.5 Å². The molecule has 0 spiro atoms. The van der Waals surface area contributed by atoms with E-state index in [0.717, 1.165) is 51.4 Å². The molecule has 5 atom stereocenters. The normalized spacial score (nSPS) is 19.2. The molecule has 13 nitrogen and oxygen atoms in total. The minimum Gasteiger partial charge on any atom is -0.464 e. The number of nitrogens with zero attached hydrogens (tertiary/aromatic N) is 1. The molecule has 2 amide bonds. The van der Waals surface area contributed by atoms with Crippen molar-refractivity contribution >= 4 is 28.0 Å². The van der Waals surface area contributed by atoms with Crippen molar-refractivity contribution in [2.75, 3.05) is 32.9 Å². The first-order chi connectivity index (χ1) is 23.9. The van der Waals surface area contributed by atoms with Crippen LogP contribution in [0.3, 0.4) is 0 Å². The number of amides is 2. The van der Waals surface area contributed by atoms with E-state index in [2.05, 4.69) is 22.3 Å². The van der Waals surface area contributed by atoms with Crippen molar-refractivity contribution in [1.82, 2.24) is 19.7 Å². The summed E-state index contributed by atoms with van der Waals surface area (Å²) >= 11 is 0. The lowest BCUT2D eigenvalue weighted by Gasteiger charge is -2.33. The number of unbranched alkanes of at least 4 members (excludes halogenated alkanes) is 3. The molecule has 2 aliphatic rings. The number of carbonyl (C=O) groups is 3. The van der Waals surface area contributed by atoms with Gasteiger partial charge in [-0.2, -0.15) is 17.4 Å². The summed E-state index contributed by atoms with van der Waals surface area (Å²) in [7, 11) is -4.15. The lowest BCUT2D eigenvalue weighted by Crippen LogP contribution is -2.61. The monoisotopic (exact) mass is 724 g/mol. The third-order valence-electron chi connectivity index (χ3n) is 9.39. The van der Waals surface area contributed by atoms with E-state index in [1.807, 2.05) is 13.8 Å². The topological polar surface area (TPSA) is 184 Å². The summed E-state index contributed by atoms with van der Waals surface area (Å²) in [6.45, 7) is 6.58. The van der Waals surface area contributed by atoms with E-state index in [-0.39, 0.29) is 51.2 Å². The zero-order valence-electron chi connectivity index (χ0n) is 30.1. The Morgan fingerprint density at radius 1 is 0.960 bits per heavy atom. The Bertz CT molecular complexity index is 1270. The van der Waals surface area contributed by atoms with Crippen molar-refractivity contribution in [1.29, 1.82) is 0 Å². The molecule has 3 rings (SSSR count). The smallest absolute Gasteiger partial charge is 0.338 e. The molecule has 1 aliphatic carbocycles. The van der Waals surface area contributed by atoms with E-state index in [1.165, 1.54) is 4.31 Å². The maximum atomic E-state index is 14.0. The van der Waals surface area contributed by atoms with Gasteiger partial charge in [0, 0.05) is 13.1 Å². The Kier molecular flexibility index (Phi) is 18.1. The van der Waals surface area contributed by atoms with Crippen LogP contribution in [0, 0.1) is 11.8 Å². The Hall–Kier alpha value is -2.62. The van der Waals surface area contributed by atoms with Gasteiger partial charge in [0.15, 0.2) is 0 Å². The third kappa shape index (κ3) is 14.2. The Morgan fingerprint density at radius 3 is 2.28 bits per heavy atom. The van der Waals surface area contributed by atoms with Crippen LogP contribution >= 0.6 is 0 Å². The highest BCUT2D eigenvalue weighted by molar-refractivity contribution is 7.87. The minimum atomic E-state index is -4.15. The third-order valence-corrected chi connectivity index (χ3v) is 11.0. The molecule has 1 heterocycles. The second-order valence-electron chi connectivity index (χ2n) is 14.1. The fourth-order valence-corrected chi connectivity index (χ4v) is 7.89. The summed E-state index contributed by atoms with van der Waals surface area (Å²) in [5.74, 6) is -2.49. The molecule has 0 bridgehead atoms. The molecule has 0 aromatic heterocycles. The average Bonchev–Trinajstić information content (AvgIpc) is 3.10. The molecule has 1 aromatic carbocycles. The van der Waals surface area contributed by atoms with Crippen molar-refractivity contribution in [2.24, 2.45) is 11.8 Å². The van der Waals surface area contributed by atoms with Crippen molar-refractivity contribution in [2.45, 2.75) is 128 Å². The van der Waals surface area contributed by atoms with Crippen LogP contribution in [0.15, 0.2) is 30.3 Å². The first kappa shape index (κ1) is 41.8. The second-order valence-corrected chi connectivity index (χ2v) is 15.8. The van der Waals surface area contributed by atoms with E-state index in [1.54, 1.807) is 30.3 Å². The summed E-state index contributed by atoms with van der Waals surface area (Å²) in [5, 5.41) is 27.4. The van der Waals surface area contributed by atoms with Crippen LogP contribution in [-0.4, -0.2) is 104 Å². The van der Waals surface area contributed by atoms with Crippen LogP contribution in [0.1, 0.15) is 97.0 Å². The number of hydrogen-bond donors (Lipinski definition) is 5. The second kappa shape index (κ2) is 21.7. The van der Waals surface area contributed by atoms with Crippen LogP contribution in [0.5, 0.6) is 0 Å². The fourth-order valence-electron chi connectivity index (χ4n) is 6.56. The number of rotatable bonds is 21. The van der Waals surface area contributed by atoms with E-state index < -0.39 is 58.3 Å². The van der Waals surface area contributed by atoms with Crippen LogP contribution in [0.4, 0.5) is 0 Å². The van der Waals surface area contributed by atoms with Gasteiger partial charge in [-0.05, 0) is 43.1 Å². The number of aliphatic hydroxyl groups excluding tert-OH is 2. The summed E-state index contributed by atoms with van der Waals surface area (Å²) in [6, 6.07) is 4.71. The average molecular weight is 725 g/mol. The lowest BCUT2D eigenvalue weighted by molar-refractivity contribution is -0.152. The SMILES string of the molecule is CCCCCCOC(=O)C(NC(=O)[C@H](Cc1ccccc1)NS(=O)(=O)N1CCOCC1)C(=O)N[C@@H](CC1CCCCC1)[C@@H](O)[C@H](O)CC(C)C. The molecular formula is C36H60N4O9S. The summed E-state index contributed by atoms with van der Waals surface area (Å²) in [6.07, 6.45) is 6.55. The van der Waals surface area contributed by atoms with Gasteiger partial charge in [0.2, 0.25) is 11.9 Å². The van der Waals surface area contributed by atoms with Crippen molar-refractivity contribution in [3.05, 3.63) is 35.9 Å². The highest BCUT2D eigenvalue weighted by Gasteiger charge is 2.38. The highest BCUT2D eigenvalue weighted by Crippen LogP contribution is 2.29. The molecule has 14 heteroatoms. The first-order valence-corrected chi connectivity index (χ1v) is 19.9. The van der Waals surface area contributed by atoms with Gasteiger partial charge in [-0.15, -0.1) is 0 Å². The predicted octanol–water partition coefficient (Wildman–Crippen LogP) is 2.60. The lowest BCUT2D eigenvalue weighted by atomic mass is 9.82. The predicted molar refractivity (Wildman–Crippen MR) is 190 cm³/mol. The van der Waals surface area contributed by atoms with Crippen molar-refractivity contribution in [3.63, 3.8) is 0 Å². The van der Waals surface area contributed by atoms with Gasteiger partial charge in [0.1, 0.15) is 12.1 Å². The number of carbonyl (C=O) groups excluding carboxylic acids is 3. The molecule has 1 saturated carbocycles. The Labute approximate surface area is 298 Å². The van der Waals surface area contributed by atoms with Crippen molar-refractivity contribution < 1.29 is 42.5 Å². The summed E-state index contributed by atoms with van der Waals surface area (Å²) in [4.78, 5) is 41.5. The number of aliphatic hydroxyl groups is 2. The molecule has 5 N–H and O–H groups in total. The molecule has 1 saturated heterocycles. The molecule has 1 unspecified atom stereocenters.